The van der Waals surface area contributed by atoms with E-state index in [4.69, 9.17) is 5.26 Å². The zero-order chi connectivity index (χ0) is 16.4. The van der Waals surface area contributed by atoms with E-state index < -0.39 is 27.9 Å². The fraction of sp³-hybridized carbons (Fsp3) is 0.214. The highest BCUT2D eigenvalue weighted by Gasteiger charge is 2.32. The third-order valence-corrected chi connectivity index (χ3v) is 4.51. The fourth-order valence-electron chi connectivity index (χ4n) is 1.79. The van der Waals surface area contributed by atoms with Gasteiger partial charge in [0.2, 0.25) is 15.7 Å². The molecular formula is C14H12F2N2O2S2. The van der Waals surface area contributed by atoms with E-state index in [9.17, 15) is 17.2 Å². The highest BCUT2D eigenvalue weighted by molar-refractivity contribution is 8.03. The SMILES string of the molecule is CS(=O)(=O)Nc1ccccc1SC1=C(F)CC(F)(C#N)C=C1. The summed E-state index contributed by atoms with van der Waals surface area (Å²) < 4.78 is 52.7. The van der Waals surface area contributed by atoms with Crippen LogP contribution in [0.15, 0.2) is 52.0 Å². The van der Waals surface area contributed by atoms with Crippen LogP contribution in [0.25, 0.3) is 0 Å². The number of rotatable bonds is 4. The first kappa shape index (κ1) is 16.5. The number of hydrogen-bond acceptors (Lipinski definition) is 4. The summed E-state index contributed by atoms with van der Waals surface area (Å²) in [5, 5.41) is 8.67. The molecule has 1 unspecified atom stereocenters. The van der Waals surface area contributed by atoms with Crippen LogP contribution in [0.5, 0.6) is 0 Å². The summed E-state index contributed by atoms with van der Waals surface area (Å²) in [6.45, 7) is 0. The van der Waals surface area contributed by atoms with Crippen LogP contribution in [0.1, 0.15) is 6.42 Å². The Hall–Kier alpha value is -1.85. The van der Waals surface area contributed by atoms with Gasteiger partial charge in [0.1, 0.15) is 11.9 Å². The summed E-state index contributed by atoms with van der Waals surface area (Å²) in [7, 11) is -3.47. The zero-order valence-electron chi connectivity index (χ0n) is 11.5. The van der Waals surface area contributed by atoms with E-state index in [0.29, 0.717) is 10.6 Å². The van der Waals surface area contributed by atoms with E-state index in [-0.39, 0.29) is 4.91 Å². The smallest absolute Gasteiger partial charge is 0.229 e. The monoisotopic (exact) mass is 342 g/mol. The zero-order valence-corrected chi connectivity index (χ0v) is 13.1. The summed E-state index contributed by atoms with van der Waals surface area (Å²) in [6, 6.07) is 7.89. The lowest BCUT2D eigenvalue weighted by atomic mass is 9.98. The van der Waals surface area contributed by atoms with Gasteiger partial charge in [-0.05, 0) is 24.3 Å². The summed E-state index contributed by atoms with van der Waals surface area (Å²) >= 11 is 0.966. The normalized spacial score (nSPS) is 21.5. The summed E-state index contributed by atoms with van der Waals surface area (Å²) in [6.07, 6.45) is 2.57. The number of sulfonamides is 1. The summed E-state index contributed by atoms with van der Waals surface area (Å²) in [5.41, 5.74) is -2.03. The van der Waals surface area contributed by atoms with Crippen molar-refractivity contribution in [2.75, 3.05) is 11.0 Å². The number of alkyl halides is 1. The molecule has 2 rings (SSSR count). The van der Waals surface area contributed by atoms with Gasteiger partial charge in [-0.1, -0.05) is 23.9 Å². The summed E-state index contributed by atoms with van der Waals surface area (Å²) in [5.74, 6) is -0.745. The highest BCUT2D eigenvalue weighted by atomic mass is 32.2. The average Bonchev–Trinajstić information content (AvgIpc) is 2.42. The Kier molecular flexibility index (Phi) is 4.58. The van der Waals surface area contributed by atoms with Crippen LogP contribution in [0, 0.1) is 11.3 Å². The van der Waals surface area contributed by atoms with Crippen molar-refractivity contribution in [1.82, 2.24) is 0 Å². The van der Waals surface area contributed by atoms with Crippen LogP contribution in [-0.2, 0) is 10.0 Å². The van der Waals surface area contributed by atoms with E-state index in [0.717, 1.165) is 24.1 Å². The van der Waals surface area contributed by atoms with E-state index >= 15 is 0 Å². The maximum absolute atomic E-state index is 14.0. The molecule has 8 heteroatoms. The quantitative estimate of drug-likeness (QED) is 0.909. The van der Waals surface area contributed by atoms with Gasteiger partial charge in [-0.3, -0.25) is 4.72 Å². The molecule has 0 aliphatic heterocycles. The molecule has 1 aromatic carbocycles. The molecule has 1 aliphatic carbocycles. The van der Waals surface area contributed by atoms with Gasteiger partial charge in [-0.2, -0.15) is 5.26 Å². The Labute approximate surface area is 131 Å². The number of nitriles is 1. The second kappa shape index (κ2) is 6.10. The fourth-order valence-corrected chi connectivity index (χ4v) is 3.37. The van der Waals surface area contributed by atoms with Crippen molar-refractivity contribution in [3.63, 3.8) is 0 Å². The number of nitrogens with one attached hydrogen (secondary N) is 1. The molecule has 116 valence electrons. The molecule has 4 nitrogen and oxygen atoms in total. The molecule has 0 saturated heterocycles. The minimum atomic E-state index is -3.47. The number of halogens is 2. The van der Waals surface area contributed by atoms with E-state index in [1.807, 2.05) is 0 Å². The van der Waals surface area contributed by atoms with E-state index in [1.54, 1.807) is 24.3 Å². The number of anilines is 1. The lowest BCUT2D eigenvalue weighted by molar-refractivity contribution is 0.285. The number of allylic oxidation sites excluding steroid dienone is 3. The van der Waals surface area contributed by atoms with Crippen LogP contribution < -0.4 is 4.72 Å². The molecule has 0 heterocycles. The van der Waals surface area contributed by atoms with Gasteiger partial charge in [0.15, 0.2) is 0 Å². The average molecular weight is 342 g/mol. The maximum atomic E-state index is 14.0. The van der Waals surface area contributed by atoms with E-state index in [2.05, 4.69) is 4.72 Å². The molecule has 1 N–H and O–H groups in total. The highest BCUT2D eigenvalue weighted by Crippen LogP contribution is 2.41. The van der Waals surface area contributed by atoms with Gasteiger partial charge in [0.25, 0.3) is 0 Å². The third-order valence-electron chi connectivity index (χ3n) is 2.77. The first-order valence-corrected chi connectivity index (χ1v) is 8.86. The third kappa shape index (κ3) is 4.08. The first-order valence-electron chi connectivity index (χ1n) is 6.15. The van der Waals surface area contributed by atoms with Gasteiger partial charge < -0.3 is 0 Å². The standard InChI is InChI=1S/C14H12F2N2O2S2/c1-22(19,20)18-11-4-2-3-5-13(11)21-12-6-7-14(16,9-17)8-10(12)15/h2-7,18H,8H2,1H3. The largest absolute Gasteiger partial charge is 0.283 e. The molecule has 0 spiro atoms. The molecule has 0 aromatic heterocycles. The minimum Gasteiger partial charge on any atom is -0.283 e. The van der Waals surface area contributed by atoms with Crippen molar-refractivity contribution >= 4 is 27.5 Å². The number of hydrogen-bond donors (Lipinski definition) is 1. The lowest BCUT2D eigenvalue weighted by Gasteiger charge is -2.18. The Morgan fingerprint density at radius 2 is 2.09 bits per heavy atom. The predicted octanol–water partition coefficient (Wildman–Crippen LogP) is 3.52. The van der Waals surface area contributed by atoms with Crippen LogP contribution in [0.3, 0.4) is 0 Å². The van der Waals surface area contributed by atoms with Crippen molar-refractivity contribution in [2.45, 2.75) is 17.0 Å². The Morgan fingerprint density at radius 1 is 1.41 bits per heavy atom. The van der Waals surface area contributed by atoms with Crippen LogP contribution in [0.4, 0.5) is 14.5 Å². The Balaban J connectivity index is 2.28. The van der Waals surface area contributed by atoms with Crippen LogP contribution in [-0.4, -0.2) is 20.3 Å². The van der Waals surface area contributed by atoms with Crippen molar-refractivity contribution in [3.05, 3.63) is 47.1 Å². The molecule has 22 heavy (non-hydrogen) atoms. The van der Waals surface area contributed by atoms with Gasteiger partial charge in [0.05, 0.1) is 18.4 Å². The predicted molar refractivity (Wildman–Crippen MR) is 82.1 cm³/mol. The molecule has 0 amide bonds. The molecule has 0 radical (unpaired) electrons. The molecule has 1 aromatic rings. The van der Waals surface area contributed by atoms with Crippen molar-refractivity contribution in [3.8, 4) is 6.07 Å². The van der Waals surface area contributed by atoms with Crippen molar-refractivity contribution in [1.29, 1.82) is 5.26 Å². The molecule has 1 aliphatic rings. The first-order chi connectivity index (χ1) is 10.2. The van der Waals surface area contributed by atoms with Gasteiger partial charge in [-0.15, -0.1) is 0 Å². The lowest BCUT2D eigenvalue weighted by Crippen LogP contribution is -2.19. The maximum Gasteiger partial charge on any atom is 0.229 e. The van der Waals surface area contributed by atoms with Crippen LogP contribution >= 0.6 is 11.8 Å². The van der Waals surface area contributed by atoms with Gasteiger partial charge >= 0.3 is 0 Å². The molecular weight excluding hydrogens is 330 g/mol. The molecule has 1 atom stereocenters. The summed E-state index contributed by atoms with van der Waals surface area (Å²) in [4.78, 5) is 0.623. The number of thioether (sulfide) groups is 1. The minimum absolute atomic E-state index is 0.145. The van der Waals surface area contributed by atoms with Crippen molar-refractivity contribution < 1.29 is 17.2 Å². The van der Waals surface area contributed by atoms with Gasteiger partial charge in [-0.25, -0.2) is 17.2 Å². The second-order valence-corrected chi connectivity index (χ2v) is 7.56. The molecule has 0 saturated carbocycles. The second-order valence-electron chi connectivity index (χ2n) is 4.73. The van der Waals surface area contributed by atoms with E-state index in [1.165, 1.54) is 12.1 Å². The number of para-hydroxylation sites is 1. The molecule has 0 fully saturated rings. The Bertz CT molecular complexity index is 797. The van der Waals surface area contributed by atoms with Gasteiger partial charge in [0, 0.05) is 9.80 Å². The Morgan fingerprint density at radius 3 is 2.68 bits per heavy atom. The molecule has 0 bridgehead atoms. The van der Waals surface area contributed by atoms with Crippen LogP contribution in [0.2, 0.25) is 0 Å². The number of benzene rings is 1. The van der Waals surface area contributed by atoms with Crippen molar-refractivity contribution in [2.24, 2.45) is 0 Å². The topological polar surface area (TPSA) is 70.0 Å². The number of nitrogens with zero attached hydrogens (tertiary/aromatic N) is 1.